The number of rotatable bonds is 2. The van der Waals surface area contributed by atoms with E-state index in [2.05, 4.69) is 98.8 Å². The molecule has 0 aliphatic carbocycles. The Bertz CT molecular complexity index is 923. The molecule has 0 saturated heterocycles. The summed E-state index contributed by atoms with van der Waals surface area (Å²) in [6.45, 7) is 4.38. The highest BCUT2D eigenvalue weighted by Gasteiger charge is 1.95. The maximum atomic E-state index is 2.26. The van der Waals surface area contributed by atoms with E-state index in [1.165, 1.54) is 32.7 Å². The topological polar surface area (TPSA) is 0 Å². The minimum Gasteiger partial charge on any atom is -0.0776 e. The molecule has 0 nitrogen and oxygen atoms in total. The van der Waals surface area contributed by atoms with Gasteiger partial charge in [-0.25, -0.2) is 0 Å². The summed E-state index contributed by atoms with van der Waals surface area (Å²) in [5.74, 6) is 0. The van der Waals surface area contributed by atoms with Gasteiger partial charge in [-0.15, -0.1) is 0 Å². The molecule has 0 saturated carbocycles. The van der Waals surface area contributed by atoms with E-state index in [-0.39, 0.29) is 7.43 Å². The highest BCUT2D eigenvalue weighted by Crippen LogP contribution is 2.18. The van der Waals surface area contributed by atoms with E-state index in [0.717, 1.165) is 12.8 Å². The molecule has 4 aromatic carbocycles. The Hall–Kier alpha value is -2.60. The van der Waals surface area contributed by atoms with Gasteiger partial charge in [0.25, 0.3) is 0 Å². The van der Waals surface area contributed by atoms with Crippen LogP contribution in [0, 0.1) is 0 Å². The lowest BCUT2D eigenvalue weighted by Crippen LogP contribution is -1.81. The van der Waals surface area contributed by atoms with Gasteiger partial charge in [0.05, 0.1) is 0 Å². The number of hydrogen-bond acceptors (Lipinski definition) is 0. The van der Waals surface area contributed by atoms with Gasteiger partial charge >= 0.3 is 0 Å². The monoisotopic (exact) mass is 328 g/mol. The van der Waals surface area contributed by atoms with Gasteiger partial charge < -0.3 is 0 Å². The highest BCUT2D eigenvalue weighted by atomic mass is 14.0. The molecule has 0 fully saturated rings. The molecule has 0 aromatic heterocycles. The van der Waals surface area contributed by atoms with Crippen LogP contribution in [0.2, 0.25) is 0 Å². The molecule has 25 heavy (non-hydrogen) atoms. The Labute approximate surface area is 152 Å². The van der Waals surface area contributed by atoms with Crippen molar-refractivity contribution in [2.75, 3.05) is 0 Å². The fraction of sp³-hybridized carbons (Fsp3) is 0.200. The van der Waals surface area contributed by atoms with E-state index in [1.54, 1.807) is 0 Å². The Morgan fingerprint density at radius 3 is 1.92 bits per heavy atom. The molecule has 4 rings (SSSR count). The minimum absolute atomic E-state index is 0. The summed E-state index contributed by atoms with van der Waals surface area (Å²) in [5, 5.41) is 5.41. The largest absolute Gasteiger partial charge is 0.0776 e. The lowest BCUT2D eigenvalue weighted by molar-refractivity contribution is 1.15. The van der Waals surface area contributed by atoms with Gasteiger partial charge in [-0.05, 0) is 45.5 Å². The van der Waals surface area contributed by atoms with E-state index in [9.17, 15) is 0 Å². The third-order valence-corrected chi connectivity index (χ3v) is 4.48. The molecule has 0 aliphatic heterocycles. The van der Waals surface area contributed by atoms with E-state index in [0.29, 0.717) is 0 Å². The third kappa shape index (κ3) is 4.48. The first-order valence-corrected chi connectivity index (χ1v) is 8.76. The second-order valence-electron chi connectivity index (χ2n) is 6.03. The quantitative estimate of drug-likeness (QED) is 0.358. The van der Waals surface area contributed by atoms with E-state index in [1.807, 2.05) is 0 Å². The van der Waals surface area contributed by atoms with Crippen LogP contribution >= 0.6 is 0 Å². The molecule has 0 bridgehead atoms. The van der Waals surface area contributed by atoms with Gasteiger partial charge in [-0.2, -0.15) is 0 Å². The summed E-state index contributed by atoms with van der Waals surface area (Å²) >= 11 is 0. The lowest BCUT2D eigenvalue weighted by Gasteiger charge is -2.02. The van der Waals surface area contributed by atoms with E-state index < -0.39 is 0 Å². The number of aryl methyl sites for hydroxylation is 2. The van der Waals surface area contributed by atoms with Gasteiger partial charge in [-0.1, -0.05) is 106 Å². The van der Waals surface area contributed by atoms with E-state index >= 15 is 0 Å². The minimum atomic E-state index is 0. The van der Waals surface area contributed by atoms with Gasteiger partial charge in [0, 0.05) is 0 Å². The highest BCUT2D eigenvalue weighted by molar-refractivity contribution is 5.85. The average Bonchev–Trinajstić information content (AvgIpc) is 2.67. The number of hydrogen-bond donors (Lipinski definition) is 0. The van der Waals surface area contributed by atoms with Crippen molar-refractivity contribution in [1.29, 1.82) is 0 Å². The summed E-state index contributed by atoms with van der Waals surface area (Å²) in [6.07, 6.45) is 2.23. The SMILES string of the molecule is C.CCc1ccc2ccccc2c1.CCc1cccc2ccccc12. The van der Waals surface area contributed by atoms with Crippen LogP contribution in [-0.2, 0) is 12.8 Å². The van der Waals surface area contributed by atoms with Crippen LogP contribution in [0.4, 0.5) is 0 Å². The summed E-state index contributed by atoms with van der Waals surface area (Å²) in [5.41, 5.74) is 2.85. The Kier molecular flexibility index (Phi) is 6.77. The fourth-order valence-corrected chi connectivity index (χ4v) is 3.06. The Morgan fingerprint density at radius 1 is 0.560 bits per heavy atom. The maximum Gasteiger partial charge on any atom is -0.0152 e. The van der Waals surface area contributed by atoms with Gasteiger partial charge in [0.15, 0.2) is 0 Å². The predicted octanol–water partition coefficient (Wildman–Crippen LogP) is 7.44. The zero-order valence-corrected chi connectivity index (χ0v) is 14.5. The van der Waals surface area contributed by atoms with Crippen LogP contribution < -0.4 is 0 Å². The molecule has 0 atom stereocenters. The molecule has 128 valence electrons. The maximum absolute atomic E-state index is 2.26. The molecule has 0 spiro atoms. The summed E-state index contributed by atoms with van der Waals surface area (Å²) in [7, 11) is 0. The zero-order chi connectivity index (χ0) is 16.8. The van der Waals surface area contributed by atoms with Crippen molar-refractivity contribution < 1.29 is 0 Å². The van der Waals surface area contributed by atoms with Crippen LogP contribution in [-0.4, -0.2) is 0 Å². The van der Waals surface area contributed by atoms with Crippen LogP contribution in [0.25, 0.3) is 21.5 Å². The normalized spacial score (nSPS) is 10.0. The lowest BCUT2D eigenvalue weighted by atomic mass is 10.0. The Morgan fingerprint density at radius 2 is 1.20 bits per heavy atom. The third-order valence-electron chi connectivity index (χ3n) is 4.48. The van der Waals surface area contributed by atoms with Gasteiger partial charge in [0.2, 0.25) is 0 Å². The van der Waals surface area contributed by atoms with Gasteiger partial charge in [-0.3, -0.25) is 0 Å². The van der Waals surface area contributed by atoms with Crippen LogP contribution in [0.3, 0.4) is 0 Å². The number of benzene rings is 4. The van der Waals surface area contributed by atoms with Crippen molar-refractivity contribution in [3.05, 3.63) is 96.1 Å². The van der Waals surface area contributed by atoms with Crippen molar-refractivity contribution in [3.63, 3.8) is 0 Å². The fourth-order valence-electron chi connectivity index (χ4n) is 3.06. The first-order chi connectivity index (χ1) is 11.8. The van der Waals surface area contributed by atoms with Crippen molar-refractivity contribution in [2.45, 2.75) is 34.1 Å². The molecule has 0 amide bonds. The predicted molar refractivity (Wildman–Crippen MR) is 113 cm³/mol. The second-order valence-corrected chi connectivity index (χ2v) is 6.03. The molecule has 0 N–H and O–H groups in total. The smallest absolute Gasteiger partial charge is 0.0152 e. The van der Waals surface area contributed by atoms with Crippen LogP contribution in [0.1, 0.15) is 32.4 Å². The number of fused-ring (bicyclic) bond motifs is 2. The van der Waals surface area contributed by atoms with Crippen molar-refractivity contribution in [1.82, 2.24) is 0 Å². The Balaban J connectivity index is 0.000000173. The van der Waals surface area contributed by atoms with Crippen LogP contribution in [0.15, 0.2) is 84.9 Å². The van der Waals surface area contributed by atoms with Crippen molar-refractivity contribution in [2.24, 2.45) is 0 Å². The summed E-state index contributed by atoms with van der Waals surface area (Å²) in [6, 6.07) is 30.1. The van der Waals surface area contributed by atoms with Crippen LogP contribution in [0.5, 0.6) is 0 Å². The molecular formula is C25H28. The molecule has 0 heterocycles. The first kappa shape index (κ1) is 18.7. The molecule has 0 aliphatic rings. The molecular weight excluding hydrogens is 300 g/mol. The van der Waals surface area contributed by atoms with Gasteiger partial charge in [0.1, 0.15) is 0 Å². The van der Waals surface area contributed by atoms with Crippen molar-refractivity contribution >= 4 is 21.5 Å². The standard InChI is InChI=1S/2C12H12.CH4/c1-2-10-7-5-8-11-6-3-4-9-12(10)11;1-2-10-7-8-11-5-3-4-6-12(11)9-10;/h2*3-9H,2H2,1H3;1H4. The molecule has 0 unspecified atom stereocenters. The van der Waals surface area contributed by atoms with Crippen molar-refractivity contribution in [3.8, 4) is 0 Å². The van der Waals surface area contributed by atoms with E-state index in [4.69, 9.17) is 0 Å². The summed E-state index contributed by atoms with van der Waals surface area (Å²) < 4.78 is 0. The first-order valence-electron chi connectivity index (χ1n) is 8.76. The molecule has 0 radical (unpaired) electrons. The zero-order valence-electron chi connectivity index (χ0n) is 14.5. The molecule has 4 aromatic rings. The molecule has 0 heteroatoms. The summed E-state index contributed by atoms with van der Waals surface area (Å²) in [4.78, 5) is 0. The second kappa shape index (κ2) is 9.03. The average molecular weight is 328 g/mol.